The lowest BCUT2D eigenvalue weighted by atomic mass is 10.1. The van der Waals surface area contributed by atoms with Crippen molar-refractivity contribution in [3.8, 4) is 0 Å². The molecule has 0 radical (unpaired) electrons. The molecule has 16 heavy (non-hydrogen) atoms. The molecule has 1 atom stereocenters. The maximum atomic E-state index is 3.58. The summed E-state index contributed by atoms with van der Waals surface area (Å²) in [6.07, 6.45) is 5.22. The van der Waals surface area contributed by atoms with E-state index in [1.807, 2.05) is 11.3 Å². The molecule has 2 rings (SSSR count). The highest BCUT2D eigenvalue weighted by Gasteiger charge is 2.11. The van der Waals surface area contributed by atoms with Crippen LogP contribution in [0.2, 0.25) is 0 Å². The van der Waals surface area contributed by atoms with Crippen LogP contribution in [0, 0.1) is 0 Å². The number of hydrogen-bond donors (Lipinski definition) is 2. The summed E-state index contributed by atoms with van der Waals surface area (Å²) in [6, 6.07) is 2.94. The molecule has 1 unspecified atom stereocenters. The number of aryl methyl sites for hydroxylation is 1. The van der Waals surface area contributed by atoms with Gasteiger partial charge in [0.1, 0.15) is 0 Å². The molecule has 0 saturated carbocycles. The van der Waals surface area contributed by atoms with Crippen molar-refractivity contribution in [2.24, 2.45) is 0 Å². The molecule has 90 valence electrons. The molecule has 2 heterocycles. The van der Waals surface area contributed by atoms with Gasteiger partial charge in [0.05, 0.1) is 0 Å². The first-order valence-electron chi connectivity index (χ1n) is 6.39. The fourth-order valence-corrected chi connectivity index (χ4v) is 3.24. The molecule has 1 saturated heterocycles. The highest BCUT2D eigenvalue weighted by molar-refractivity contribution is 7.10. The normalized spacial score (nSPS) is 21.2. The van der Waals surface area contributed by atoms with Crippen molar-refractivity contribution in [1.29, 1.82) is 0 Å². The number of hydrogen-bond acceptors (Lipinski definition) is 3. The molecular weight excluding hydrogens is 216 g/mol. The Labute approximate surface area is 102 Å². The van der Waals surface area contributed by atoms with Gasteiger partial charge in [-0.2, -0.15) is 0 Å². The van der Waals surface area contributed by atoms with Gasteiger partial charge in [0, 0.05) is 24.0 Å². The van der Waals surface area contributed by atoms with Crippen LogP contribution in [0.1, 0.15) is 36.6 Å². The SMILES string of the molecule is CCc1ccsc1CNCC1CCCCN1. The van der Waals surface area contributed by atoms with E-state index in [1.54, 1.807) is 0 Å². The zero-order valence-electron chi connectivity index (χ0n) is 10.1. The Kier molecular flexibility index (Phi) is 4.82. The molecule has 0 aromatic carbocycles. The van der Waals surface area contributed by atoms with Crippen molar-refractivity contribution in [3.05, 3.63) is 21.9 Å². The Morgan fingerprint density at radius 1 is 1.50 bits per heavy atom. The second-order valence-corrected chi connectivity index (χ2v) is 5.50. The maximum absolute atomic E-state index is 3.58. The summed E-state index contributed by atoms with van der Waals surface area (Å²) in [4.78, 5) is 1.51. The number of piperidine rings is 1. The lowest BCUT2D eigenvalue weighted by Crippen LogP contribution is -2.41. The monoisotopic (exact) mass is 238 g/mol. The predicted octanol–water partition coefficient (Wildman–Crippen LogP) is 2.54. The van der Waals surface area contributed by atoms with Crippen LogP contribution in [0.4, 0.5) is 0 Å². The molecule has 0 spiro atoms. The van der Waals surface area contributed by atoms with E-state index < -0.39 is 0 Å². The largest absolute Gasteiger partial charge is 0.313 e. The molecule has 0 bridgehead atoms. The Bertz CT molecular complexity index is 303. The van der Waals surface area contributed by atoms with Gasteiger partial charge >= 0.3 is 0 Å². The molecule has 1 aliphatic heterocycles. The third kappa shape index (κ3) is 3.30. The molecule has 0 aliphatic carbocycles. The van der Waals surface area contributed by atoms with E-state index in [9.17, 15) is 0 Å². The molecule has 1 fully saturated rings. The molecule has 2 N–H and O–H groups in total. The van der Waals surface area contributed by atoms with Crippen molar-refractivity contribution in [3.63, 3.8) is 0 Å². The second-order valence-electron chi connectivity index (χ2n) is 4.50. The first-order valence-corrected chi connectivity index (χ1v) is 7.27. The van der Waals surface area contributed by atoms with Gasteiger partial charge in [0.2, 0.25) is 0 Å². The quantitative estimate of drug-likeness (QED) is 0.824. The fraction of sp³-hybridized carbons (Fsp3) is 0.692. The molecule has 1 aromatic rings. The number of rotatable bonds is 5. The highest BCUT2D eigenvalue weighted by Crippen LogP contribution is 2.17. The van der Waals surface area contributed by atoms with E-state index in [4.69, 9.17) is 0 Å². The predicted molar refractivity (Wildman–Crippen MR) is 71.0 cm³/mol. The van der Waals surface area contributed by atoms with Gasteiger partial charge in [-0.25, -0.2) is 0 Å². The van der Waals surface area contributed by atoms with Crippen LogP contribution < -0.4 is 10.6 Å². The van der Waals surface area contributed by atoms with Crippen LogP contribution in [-0.2, 0) is 13.0 Å². The Morgan fingerprint density at radius 2 is 2.44 bits per heavy atom. The third-order valence-corrected chi connectivity index (χ3v) is 4.27. The van der Waals surface area contributed by atoms with Gasteiger partial charge < -0.3 is 10.6 Å². The van der Waals surface area contributed by atoms with Gasteiger partial charge in [-0.1, -0.05) is 13.3 Å². The van der Waals surface area contributed by atoms with Gasteiger partial charge in [-0.3, -0.25) is 0 Å². The molecule has 1 aliphatic rings. The summed E-state index contributed by atoms with van der Waals surface area (Å²) in [7, 11) is 0. The van der Waals surface area contributed by atoms with Crippen molar-refractivity contribution in [1.82, 2.24) is 10.6 Å². The Morgan fingerprint density at radius 3 is 3.19 bits per heavy atom. The smallest absolute Gasteiger partial charge is 0.0303 e. The van der Waals surface area contributed by atoms with Crippen molar-refractivity contribution in [2.75, 3.05) is 13.1 Å². The first kappa shape index (κ1) is 12.1. The van der Waals surface area contributed by atoms with E-state index in [1.165, 1.54) is 36.2 Å². The standard InChI is InChI=1S/C13H22N2S/c1-2-11-6-8-16-13(11)10-14-9-12-5-3-4-7-15-12/h6,8,12,14-15H,2-5,7,9-10H2,1H3. The van der Waals surface area contributed by atoms with E-state index in [2.05, 4.69) is 29.0 Å². The Hall–Kier alpha value is -0.380. The van der Waals surface area contributed by atoms with E-state index in [0.717, 1.165) is 19.5 Å². The average molecular weight is 238 g/mol. The van der Waals surface area contributed by atoms with Crippen LogP contribution in [0.25, 0.3) is 0 Å². The lowest BCUT2D eigenvalue weighted by Gasteiger charge is -2.23. The van der Waals surface area contributed by atoms with E-state index >= 15 is 0 Å². The van der Waals surface area contributed by atoms with Crippen molar-refractivity contribution in [2.45, 2.75) is 45.2 Å². The molecule has 1 aromatic heterocycles. The van der Waals surface area contributed by atoms with Gasteiger partial charge in [0.25, 0.3) is 0 Å². The second kappa shape index (κ2) is 6.38. The first-order chi connectivity index (χ1) is 7.90. The van der Waals surface area contributed by atoms with Gasteiger partial charge in [-0.15, -0.1) is 11.3 Å². The van der Waals surface area contributed by atoms with Crippen LogP contribution in [0.5, 0.6) is 0 Å². The van der Waals surface area contributed by atoms with E-state index in [-0.39, 0.29) is 0 Å². The fourth-order valence-electron chi connectivity index (χ4n) is 2.30. The number of nitrogens with one attached hydrogen (secondary N) is 2. The van der Waals surface area contributed by atoms with Crippen LogP contribution >= 0.6 is 11.3 Å². The van der Waals surface area contributed by atoms with Crippen molar-refractivity contribution >= 4 is 11.3 Å². The molecule has 0 amide bonds. The number of thiophene rings is 1. The van der Waals surface area contributed by atoms with Crippen LogP contribution in [-0.4, -0.2) is 19.1 Å². The lowest BCUT2D eigenvalue weighted by molar-refractivity contribution is 0.383. The summed E-state index contributed by atoms with van der Waals surface area (Å²) in [6.45, 7) is 5.58. The highest BCUT2D eigenvalue weighted by atomic mass is 32.1. The summed E-state index contributed by atoms with van der Waals surface area (Å²) < 4.78 is 0. The summed E-state index contributed by atoms with van der Waals surface area (Å²) in [5, 5.41) is 9.35. The molecule has 3 heteroatoms. The van der Waals surface area contributed by atoms with Crippen LogP contribution in [0.3, 0.4) is 0 Å². The average Bonchev–Trinajstić information content (AvgIpc) is 2.78. The zero-order chi connectivity index (χ0) is 11.2. The van der Waals surface area contributed by atoms with Crippen molar-refractivity contribution < 1.29 is 0 Å². The topological polar surface area (TPSA) is 24.1 Å². The van der Waals surface area contributed by atoms with Gasteiger partial charge in [0.15, 0.2) is 0 Å². The Balaban J connectivity index is 1.71. The van der Waals surface area contributed by atoms with Gasteiger partial charge in [-0.05, 0) is 42.8 Å². The minimum atomic E-state index is 0.693. The summed E-state index contributed by atoms with van der Waals surface area (Å²) in [5.41, 5.74) is 1.51. The molecular formula is C13H22N2S. The summed E-state index contributed by atoms with van der Waals surface area (Å²) >= 11 is 1.88. The van der Waals surface area contributed by atoms with Crippen LogP contribution in [0.15, 0.2) is 11.4 Å². The zero-order valence-corrected chi connectivity index (χ0v) is 10.9. The minimum absolute atomic E-state index is 0.693. The maximum Gasteiger partial charge on any atom is 0.0303 e. The molecule has 2 nitrogen and oxygen atoms in total. The van der Waals surface area contributed by atoms with E-state index in [0.29, 0.717) is 6.04 Å². The summed E-state index contributed by atoms with van der Waals surface area (Å²) in [5.74, 6) is 0. The third-order valence-electron chi connectivity index (χ3n) is 3.31. The minimum Gasteiger partial charge on any atom is -0.313 e.